The Morgan fingerprint density at radius 3 is 2.54 bits per heavy atom. The number of unbranched alkanes of at least 4 members (excludes halogenated alkanes) is 1. The third-order valence-electron chi connectivity index (χ3n) is 3.36. The Morgan fingerprint density at radius 2 is 1.88 bits per heavy atom. The van der Waals surface area contributed by atoms with Gasteiger partial charge in [0.25, 0.3) is 0 Å². The lowest BCUT2D eigenvalue weighted by Crippen LogP contribution is -2.04. The van der Waals surface area contributed by atoms with E-state index in [0.717, 1.165) is 11.6 Å². The van der Waals surface area contributed by atoms with Crippen LogP contribution in [-0.2, 0) is 6.42 Å². The highest BCUT2D eigenvalue weighted by atomic mass is 35.5. The summed E-state index contributed by atoms with van der Waals surface area (Å²) in [6, 6.07) is 11.4. The van der Waals surface area contributed by atoms with E-state index in [4.69, 9.17) is 21.6 Å². The van der Waals surface area contributed by atoms with E-state index in [1.807, 2.05) is 6.07 Å². The van der Waals surface area contributed by atoms with Crippen LogP contribution >= 0.6 is 11.6 Å². The molecule has 0 aliphatic carbocycles. The van der Waals surface area contributed by atoms with Crippen molar-refractivity contribution in [1.82, 2.24) is 0 Å². The summed E-state index contributed by atoms with van der Waals surface area (Å²) < 4.78 is 5.48. The number of nitrogens with zero attached hydrogens (tertiary/aromatic N) is 1. The standard InChI is InChI=1S/C18H16ClNO4/c19-15-10-14(17(22)11-18(15)23)16(21)9-12-3-5-13(6-4-12)24-8-2-1-7-20/h3-6,10-11,22-23H,1-2,8-9H2. The van der Waals surface area contributed by atoms with Crippen molar-refractivity contribution in [2.75, 3.05) is 6.61 Å². The zero-order chi connectivity index (χ0) is 17.5. The van der Waals surface area contributed by atoms with Crippen LogP contribution < -0.4 is 4.74 Å². The molecule has 2 N–H and O–H groups in total. The summed E-state index contributed by atoms with van der Waals surface area (Å²) in [6.45, 7) is 0.464. The second-order valence-corrected chi connectivity index (χ2v) is 5.58. The fourth-order valence-electron chi connectivity index (χ4n) is 2.10. The molecule has 0 saturated carbocycles. The molecule has 124 valence electrons. The molecule has 24 heavy (non-hydrogen) atoms. The molecule has 0 radical (unpaired) electrons. The lowest BCUT2D eigenvalue weighted by atomic mass is 10.0. The minimum absolute atomic E-state index is 0.0114. The summed E-state index contributed by atoms with van der Waals surface area (Å²) in [5, 5.41) is 27.6. The van der Waals surface area contributed by atoms with Gasteiger partial charge in [0.1, 0.15) is 17.2 Å². The maximum atomic E-state index is 12.3. The quantitative estimate of drug-likeness (QED) is 0.587. The van der Waals surface area contributed by atoms with Crippen LogP contribution in [0.3, 0.4) is 0 Å². The van der Waals surface area contributed by atoms with Crippen molar-refractivity contribution in [2.45, 2.75) is 19.3 Å². The topological polar surface area (TPSA) is 90.5 Å². The van der Waals surface area contributed by atoms with E-state index in [1.165, 1.54) is 6.07 Å². The van der Waals surface area contributed by atoms with Gasteiger partial charge in [-0.1, -0.05) is 23.7 Å². The highest BCUT2D eigenvalue weighted by Crippen LogP contribution is 2.31. The zero-order valence-corrected chi connectivity index (χ0v) is 13.6. The average molecular weight is 346 g/mol. The maximum absolute atomic E-state index is 12.3. The van der Waals surface area contributed by atoms with Gasteiger partial charge in [0, 0.05) is 18.9 Å². The van der Waals surface area contributed by atoms with Crippen LogP contribution in [0.25, 0.3) is 0 Å². The van der Waals surface area contributed by atoms with Gasteiger partial charge in [-0.05, 0) is 30.2 Å². The van der Waals surface area contributed by atoms with Crippen molar-refractivity contribution in [3.63, 3.8) is 0 Å². The molecule has 5 nitrogen and oxygen atoms in total. The number of rotatable bonds is 7. The van der Waals surface area contributed by atoms with Crippen molar-refractivity contribution in [1.29, 1.82) is 5.26 Å². The van der Waals surface area contributed by atoms with Crippen LogP contribution in [0.4, 0.5) is 0 Å². The molecule has 0 unspecified atom stereocenters. The molecule has 2 rings (SSSR count). The third kappa shape index (κ3) is 4.64. The van der Waals surface area contributed by atoms with Gasteiger partial charge in [0.15, 0.2) is 5.78 Å². The number of phenols is 2. The van der Waals surface area contributed by atoms with Gasteiger partial charge < -0.3 is 14.9 Å². The van der Waals surface area contributed by atoms with Gasteiger partial charge in [-0.15, -0.1) is 0 Å². The first-order chi connectivity index (χ1) is 11.5. The van der Waals surface area contributed by atoms with E-state index in [-0.39, 0.29) is 34.3 Å². The first kappa shape index (κ1) is 17.6. The fraction of sp³-hybridized carbons (Fsp3) is 0.222. The molecule has 0 fully saturated rings. The molecule has 6 heteroatoms. The van der Waals surface area contributed by atoms with Crippen molar-refractivity contribution >= 4 is 17.4 Å². The molecule has 0 aliphatic rings. The monoisotopic (exact) mass is 345 g/mol. The van der Waals surface area contributed by atoms with Crippen molar-refractivity contribution in [2.24, 2.45) is 0 Å². The first-order valence-corrected chi connectivity index (χ1v) is 7.72. The minimum Gasteiger partial charge on any atom is -0.507 e. The SMILES string of the molecule is N#CCCCOc1ccc(CC(=O)c2cc(Cl)c(O)cc2O)cc1. The van der Waals surface area contributed by atoms with Gasteiger partial charge in [0.2, 0.25) is 0 Å². The highest BCUT2D eigenvalue weighted by Gasteiger charge is 2.15. The van der Waals surface area contributed by atoms with Gasteiger partial charge in [-0.2, -0.15) is 5.26 Å². The highest BCUT2D eigenvalue weighted by molar-refractivity contribution is 6.32. The number of carbonyl (C=O) groups excluding carboxylic acids is 1. The lowest BCUT2D eigenvalue weighted by Gasteiger charge is -2.08. The van der Waals surface area contributed by atoms with Crippen LogP contribution in [0.2, 0.25) is 5.02 Å². The smallest absolute Gasteiger partial charge is 0.171 e. The summed E-state index contributed by atoms with van der Waals surface area (Å²) >= 11 is 5.77. The largest absolute Gasteiger partial charge is 0.507 e. The zero-order valence-electron chi connectivity index (χ0n) is 12.8. The van der Waals surface area contributed by atoms with Crippen LogP contribution in [-0.4, -0.2) is 22.6 Å². The molecule has 0 aromatic heterocycles. The Labute approximate surface area is 144 Å². The minimum atomic E-state index is -0.308. The lowest BCUT2D eigenvalue weighted by molar-refractivity contribution is 0.0990. The van der Waals surface area contributed by atoms with Crippen LogP contribution in [0, 0.1) is 11.3 Å². The van der Waals surface area contributed by atoms with E-state index in [2.05, 4.69) is 0 Å². The van der Waals surface area contributed by atoms with E-state index >= 15 is 0 Å². The summed E-state index contributed by atoms with van der Waals surface area (Å²) in [4.78, 5) is 12.3. The van der Waals surface area contributed by atoms with Crippen molar-refractivity contribution in [3.05, 3.63) is 52.5 Å². The molecule has 0 amide bonds. The number of halogens is 1. The number of nitriles is 1. The third-order valence-corrected chi connectivity index (χ3v) is 3.66. The average Bonchev–Trinajstić information content (AvgIpc) is 2.56. The first-order valence-electron chi connectivity index (χ1n) is 7.34. The second kappa shape index (κ2) is 8.23. The predicted octanol–water partition coefficient (Wildman–Crippen LogP) is 3.86. The Morgan fingerprint density at radius 1 is 1.17 bits per heavy atom. The Hall–Kier alpha value is -2.71. The van der Waals surface area contributed by atoms with E-state index in [1.54, 1.807) is 24.3 Å². The van der Waals surface area contributed by atoms with Gasteiger partial charge in [0.05, 0.1) is 23.3 Å². The molecule has 2 aromatic rings. The molecule has 2 aromatic carbocycles. The Balaban J connectivity index is 2.00. The number of Topliss-reactive ketones (excluding diaryl/α,β-unsaturated/α-hetero) is 1. The molecular formula is C18H16ClNO4. The van der Waals surface area contributed by atoms with Gasteiger partial charge in [-0.3, -0.25) is 4.79 Å². The number of benzene rings is 2. The summed E-state index contributed by atoms with van der Waals surface area (Å²) in [5.74, 6) is -0.222. The van der Waals surface area contributed by atoms with Crippen LogP contribution in [0.15, 0.2) is 36.4 Å². The van der Waals surface area contributed by atoms with Crippen molar-refractivity contribution < 1.29 is 19.7 Å². The molecule has 0 bridgehead atoms. The van der Waals surface area contributed by atoms with E-state index in [9.17, 15) is 15.0 Å². The number of phenolic OH excluding ortho intramolecular Hbond substituents is 2. The number of carbonyl (C=O) groups is 1. The second-order valence-electron chi connectivity index (χ2n) is 5.17. The van der Waals surface area contributed by atoms with E-state index < -0.39 is 0 Å². The maximum Gasteiger partial charge on any atom is 0.171 e. The molecular weight excluding hydrogens is 330 g/mol. The molecule has 0 heterocycles. The number of aromatic hydroxyl groups is 2. The number of ketones is 1. The summed E-state index contributed by atoms with van der Waals surface area (Å²) in [6.07, 6.45) is 1.20. The van der Waals surface area contributed by atoms with Crippen LogP contribution in [0.1, 0.15) is 28.8 Å². The Bertz CT molecular complexity index is 766. The summed E-state index contributed by atoms with van der Waals surface area (Å²) in [7, 11) is 0. The molecule has 0 aliphatic heterocycles. The molecule has 0 atom stereocenters. The molecule has 0 saturated heterocycles. The Kier molecular flexibility index (Phi) is 6.05. The number of hydrogen-bond acceptors (Lipinski definition) is 5. The number of ether oxygens (including phenoxy) is 1. The fourth-order valence-corrected chi connectivity index (χ4v) is 2.26. The van der Waals surface area contributed by atoms with Crippen LogP contribution in [0.5, 0.6) is 17.2 Å². The van der Waals surface area contributed by atoms with E-state index in [0.29, 0.717) is 25.2 Å². The summed E-state index contributed by atoms with van der Waals surface area (Å²) in [5.41, 5.74) is 0.822. The molecule has 0 spiro atoms. The number of hydrogen-bond donors (Lipinski definition) is 2. The van der Waals surface area contributed by atoms with Gasteiger partial charge in [-0.25, -0.2) is 0 Å². The normalized spacial score (nSPS) is 10.2. The van der Waals surface area contributed by atoms with Crippen molar-refractivity contribution in [3.8, 4) is 23.3 Å². The van der Waals surface area contributed by atoms with Gasteiger partial charge >= 0.3 is 0 Å². The predicted molar refractivity (Wildman–Crippen MR) is 89.6 cm³/mol.